The molecule has 0 aromatic carbocycles. The molecule has 0 spiro atoms. The van der Waals surface area contributed by atoms with Gasteiger partial charge in [0.15, 0.2) is 5.69 Å². The van der Waals surface area contributed by atoms with E-state index in [-0.39, 0.29) is 11.3 Å². The van der Waals surface area contributed by atoms with Crippen molar-refractivity contribution in [3.8, 4) is 0 Å². The number of aromatic nitrogens is 1. The second kappa shape index (κ2) is 5.31. The Bertz CT molecular complexity index is 379. The maximum absolute atomic E-state index is 12.0. The van der Waals surface area contributed by atoms with Gasteiger partial charge in [0.2, 0.25) is 0 Å². The molecule has 1 amide bonds. The van der Waals surface area contributed by atoms with E-state index in [0.717, 1.165) is 12.3 Å². The molecular weight excluding hydrogens is 218 g/mol. The summed E-state index contributed by atoms with van der Waals surface area (Å²) >= 11 is 0. The number of nitrogens with zero attached hydrogens (tertiary/aromatic N) is 2. The Morgan fingerprint density at radius 1 is 1.53 bits per heavy atom. The Hall–Kier alpha value is -1.36. The first-order chi connectivity index (χ1) is 7.86. The Morgan fingerprint density at radius 3 is 2.65 bits per heavy atom. The number of carbonyl (C=O) groups excluding carboxylic acids is 1. The van der Waals surface area contributed by atoms with Gasteiger partial charge in [0, 0.05) is 31.6 Å². The lowest BCUT2D eigenvalue weighted by Crippen LogP contribution is -2.32. The Labute approximate surface area is 102 Å². The Morgan fingerprint density at radius 2 is 2.18 bits per heavy atom. The maximum atomic E-state index is 12.0. The fourth-order valence-corrected chi connectivity index (χ4v) is 1.31. The van der Waals surface area contributed by atoms with Crippen LogP contribution in [0.4, 0.5) is 0 Å². The monoisotopic (exact) mass is 239 g/mol. The molecule has 0 saturated carbocycles. The van der Waals surface area contributed by atoms with Crippen molar-refractivity contribution in [1.82, 2.24) is 15.4 Å². The van der Waals surface area contributed by atoms with Crippen LogP contribution in [0.3, 0.4) is 0 Å². The standard InChI is InChI=1S/C12H21N3O2/c1-12(2,3)10-8-9(14-17-10)11(16)15(5)7-6-13-4/h8,13H,6-7H2,1-5H3. The minimum Gasteiger partial charge on any atom is -0.360 e. The van der Waals surface area contributed by atoms with Crippen LogP contribution in [0.25, 0.3) is 0 Å². The summed E-state index contributed by atoms with van der Waals surface area (Å²) < 4.78 is 5.19. The molecule has 0 saturated heterocycles. The number of hydrogen-bond donors (Lipinski definition) is 1. The molecule has 5 heteroatoms. The van der Waals surface area contributed by atoms with Crippen LogP contribution in [0.5, 0.6) is 0 Å². The van der Waals surface area contributed by atoms with E-state index in [9.17, 15) is 4.79 Å². The van der Waals surface area contributed by atoms with E-state index >= 15 is 0 Å². The molecule has 1 rings (SSSR count). The van der Waals surface area contributed by atoms with E-state index in [2.05, 4.69) is 10.5 Å². The highest BCUT2D eigenvalue weighted by Gasteiger charge is 2.23. The first-order valence-electron chi connectivity index (χ1n) is 5.73. The van der Waals surface area contributed by atoms with Gasteiger partial charge in [0.05, 0.1) is 0 Å². The zero-order chi connectivity index (χ0) is 13.1. The maximum Gasteiger partial charge on any atom is 0.275 e. The van der Waals surface area contributed by atoms with Crippen molar-refractivity contribution in [2.24, 2.45) is 0 Å². The quantitative estimate of drug-likeness (QED) is 0.859. The smallest absolute Gasteiger partial charge is 0.275 e. The fraction of sp³-hybridized carbons (Fsp3) is 0.667. The molecule has 0 aliphatic carbocycles. The van der Waals surface area contributed by atoms with Crippen LogP contribution >= 0.6 is 0 Å². The number of carbonyl (C=O) groups is 1. The molecule has 0 unspecified atom stereocenters. The summed E-state index contributed by atoms with van der Waals surface area (Å²) in [6, 6.07) is 1.72. The highest BCUT2D eigenvalue weighted by molar-refractivity contribution is 5.92. The van der Waals surface area contributed by atoms with Gasteiger partial charge in [-0.1, -0.05) is 25.9 Å². The van der Waals surface area contributed by atoms with Gasteiger partial charge in [0.1, 0.15) is 5.76 Å². The van der Waals surface area contributed by atoms with Crippen molar-refractivity contribution < 1.29 is 9.32 Å². The Kier molecular flexibility index (Phi) is 4.28. The summed E-state index contributed by atoms with van der Waals surface area (Å²) in [5, 5.41) is 6.82. The summed E-state index contributed by atoms with van der Waals surface area (Å²) in [5.41, 5.74) is 0.239. The third kappa shape index (κ3) is 3.56. The average Bonchev–Trinajstić information content (AvgIpc) is 2.73. The van der Waals surface area contributed by atoms with Crippen LogP contribution in [0.15, 0.2) is 10.6 Å². The van der Waals surface area contributed by atoms with Crippen molar-refractivity contribution in [2.75, 3.05) is 27.2 Å². The molecule has 0 atom stereocenters. The van der Waals surface area contributed by atoms with Crippen molar-refractivity contribution in [3.05, 3.63) is 17.5 Å². The Balaban J connectivity index is 2.73. The van der Waals surface area contributed by atoms with Gasteiger partial charge in [-0.3, -0.25) is 4.79 Å². The molecular formula is C12H21N3O2. The highest BCUT2D eigenvalue weighted by Crippen LogP contribution is 2.22. The van der Waals surface area contributed by atoms with Gasteiger partial charge < -0.3 is 14.7 Å². The summed E-state index contributed by atoms with van der Waals surface area (Å²) in [4.78, 5) is 13.6. The average molecular weight is 239 g/mol. The second-order valence-electron chi connectivity index (χ2n) is 5.16. The molecule has 5 nitrogen and oxygen atoms in total. The molecule has 0 aliphatic heterocycles. The van der Waals surface area contributed by atoms with Gasteiger partial charge in [-0.25, -0.2) is 0 Å². The lowest BCUT2D eigenvalue weighted by Gasteiger charge is -2.15. The first-order valence-corrected chi connectivity index (χ1v) is 5.73. The van der Waals surface area contributed by atoms with Crippen molar-refractivity contribution in [1.29, 1.82) is 0 Å². The number of rotatable bonds is 4. The lowest BCUT2D eigenvalue weighted by molar-refractivity contribution is 0.0786. The molecule has 0 radical (unpaired) electrons. The zero-order valence-electron chi connectivity index (χ0n) is 11.2. The van der Waals surface area contributed by atoms with Crippen LogP contribution in [-0.4, -0.2) is 43.1 Å². The SMILES string of the molecule is CNCCN(C)C(=O)c1cc(C(C)(C)C)on1. The minimum atomic E-state index is -0.130. The number of nitrogens with one attached hydrogen (secondary N) is 1. The summed E-state index contributed by atoms with van der Waals surface area (Å²) in [7, 11) is 3.61. The van der Waals surface area contributed by atoms with E-state index in [1.807, 2.05) is 27.8 Å². The van der Waals surface area contributed by atoms with Crippen molar-refractivity contribution >= 4 is 5.91 Å². The summed E-state index contributed by atoms with van der Waals surface area (Å²) in [6.45, 7) is 7.46. The zero-order valence-corrected chi connectivity index (χ0v) is 11.2. The van der Waals surface area contributed by atoms with Crippen LogP contribution in [0.1, 0.15) is 37.0 Å². The summed E-state index contributed by atoms with van der Waals surface area (Å²) in [6.07, 6.45) is 0. The normalized spacial score (nSPS) is 11.6. The van der Waals surface area contributed by atoms with E-state index in [1.165, 1.54) is 0 Å². The van der Waals surface area contributed by atoms with Crippen LogP contribution in [0.2, 0.25) is 0 Å². The van der Waals surface area contributed by atoms with E-state index in [0.29, 0.717) is 12.2 Å². The van der Waals surface area contributed by atoms with Gasteiger partial charge in [-0.15, -0.1) is 0 Å². The van der Waals surface area contributed by atoms with Crippen LogP contribution in [0, 0.1) is 0 Å². The third-order valence-corrected chi connectivity index (χ3v) is 2.51. The van der Waals surface area contributed by atoms with Crippen molar-refractivity contribution in [2.45, 2.75) is 26.2 Å². The molecule has 1 aromatic heterocycles. The predicted molar refractivity (Wildman–Crippen MR) is 66.1 cm³/mol. The fourth-order valence-electron chi connectivity index (χ4n) is 1.31. The molecule has 0 aliphatic rings. The predicted octanol–water partition coefficient (Wildman–Crippen LogP) is 1.26. The van der Waals surface area contributed by atoms with Crippen LogP contribution in [-0.2, 0) is 5.41 Å². The molecule has 0 fully saturated rings. The van der Waals surface area contributed by atoms with Crippen molar-refractivity contribution in [3.63, 3.8) is 0 Å². The van der Waals surface area contributed by atoms with E-state index in [1.54, 1.807) is 18.0 Å². The second-order valence-corrected chi connectivity index (χ2v) is 5.16. The lowest BCUT2D eigenvalue weighted by atomic mass is 9.93. The molecule has 1 heterocycles. The van der Waals surface area contributed by atoms with Crippen LogP contribution < -0.4 is 5.32 Å². The summed E-state index contributed by atoms with van der Waals surface area (Å²) in [5.74, 6) is 0.613. The first kappa shape index (κ1) is 13.7. The highest BCUT2D eigenvalue weighted by atomic mass is 16.5. The van der Waals surface area contributed by atoms with E-state index < -0.39 is 0 Å². The molecule has 0 bridgehead atoms. The van der Waals surface area contributed by atoms with Gasteiger partial charge in [-0.05, 0) is 7.05 Å². The topological polar surface area (TPSA) is 58.4 Å². The molecule has 1 aromatic rings. The minimum absolute atomic E-state index is 0.112. The van der Waals surface area contributed by atoms with Gasteiger partial charge >= 0.3 is 0 Å². The number of amides is 1. The largest absolute Gasteiger partial charge is 0.360 e. The number of hydrogen-bond acceptors (Lipinski definition) is 4. The molecule has 1 N–H and O–H groups in total. The molecule has 96 valence electrons. The number of likely N-dealkylation sites (N-methyl/N-ethyl adjacent to an activating group) is 2. The molecule has 17 heavy (non-hydrogen) atoms. The third-order valence-electron chi connectivity index (χ3n) is 2.51. The van der Waals surface area contributed by atoms with E-state index in [4.69, 9.17) is 4.52 Å². The van der Waals surface area contributed by atoms with Gasteiger partial charge in [0.25, 0.3) is 5.91 Å². The van der Waals surface area contributed by atoms with Gasteiger partial charge in [-0.2, -0.15) is 0 Å².